The minimum Gasteiger partial charge on any atom is -0.504 e. The van der Waals surface area contributed by atoms with Gasteiger partial charge in [-0.25, -0.2) is 0 Å². The van der Waals surface area contributed by atoms with Crippen LogP contribution in [0.15, 0.2) is 36.9 Å². The van der Waals surface area contributed by atoms with Crippen molar-refractivity contribution in [3.63, 3.8) is 0 Å². The highest BCUT2D eigenvalue weighted by Crippen LogP contribution is 2.42. The lowest BCUT2D eigenvalue weighted by Gasteiger charge is -2.24. The molecule has 0 fully saturated rings. The number of hydrogen-bond acceptors (Lipinski definition) is 7. The van der Waals surface area contributed by atoms with Gasteiger partial charge in [0.05, 0.1) is 28.4 Å². The van der Waals surface area contributed by atoms with Gasteiger partial charge in [-0.05, 0) is 48.7 Å². The first kappa shape index (κ1) is 22.2. The van der Waals surface area contributed by atoms with Crippen LogP contribution in [0, 0.1) is 0 Å². The number of allylic oxidation sites excluding steroid dienone is 1. The number of aliphatic hydroxyl groups is 1. The largest absolute Gasteiger partial charge is 0.504 e. The minimum atomic E-state index is -1.07. The molecule has 0 unspecified atom stereocenters. The fraction of sp³-hybridized carbons (Fsp3) is 0.364. The molecule has 0 aliphatic heterocycles. The van der Waals surface area contributed by atoms with Crippen LogP contribution in [-0.4, -0.2) is 44.8 Å². The Bertz CT molecular complexity index is 822. The van der Waals surface area contributed by atoms with Crippen molar-refractivity contribution in [2.45, 2.75) is 25.6 Å². The summed E-state index contributed by atoms with van der Waals surface area (Å²) in [5, 5.41) is 21.0. The van der Waals surface area contributed by atoms with Crippen molar-refractivity contribution in [3.8, 4) is 34.5 Å². The maximum atomic E-state index is 10.8. The van der Waals surface area contributed by atoms with E-state index in [9.17, 15) is 10.2 Å². The van der Waals surface area contributed by atoms with Crippen LogP contribution in [0.5, 0.6) is 34.5 Å². The molecule has 0 radical (unpaired) electrons. The molecule has 2 atom stereocenters. The molecular weight excluding hydrogens is 376 g/mol. The Morgan fingerprint density at radius 3 is 1.93 bits per heavy atom. The van der Waals surface area contributed by atoms with Gasteiger partial charge in [0.25, 0.3) is 0 Å². The average molecular weight is 404 g/mol. The molecule has 0 heterocycles. The van der Waals surface area contributed by atoms with Crippen molar-refractivity contribution in [1.82, 2.24) is 0 Å². The van der Waals surface area contributed by atoms with Crippen molar-refractivity contribution in [2.75, 3.05) is 28.4 Å². The standard InChI is InChI=1S/C22H28O7/c1-7-8-14-9-17(25-3)22(18(10-14)26-4)29-13(2)20(24)15-11-16(23)21(28-6)19(12-15)27-5/h7,9-13,20,23-24H,1,8H2,2-6H3/t13-,20-/m1/s1. The Balaban J connectivity index is 2.35. The predicted octanol–water partition coefficient (Wildman–Crippen LogP) is 3.66. The molecule has 29 heavy (non-hydrogen) atoms. The number of aromatic hydroxyl groups is 1. The van der Waals surface area contributed by atoms with Crippen molar-refractivity contribution in [2.24, 2.45) is 0 Å². The van der Waals surface area contributed by atoms with Crippen LogP contribution >= 0.6 is 0 Å². The highest BCUT2D eigenvalue weighted by molar-refractivity contribution is 5.55. The van der Waals surface area contributed by atoms with E-state index in [0.29, 0.717) is 35.0 Å². The van der Waals surface area contributed by atoms with E-state index in [1.165, 1.54) is 34.5 Å². The van der Waals surface area contributed by atoms with Gasteiger partial charge in [-0.15, -0.1) is 6.58 Å². The Morgan fingerprint density at radius 1 is 0.897 bits per heavy atom. The molecule has 158 valence electrons. The van der Waals surface area contributed by atoms with E-state index in [4.69, 9.17) is 23.7 Å². The number of rotatable bonds is 10. The molecule has 0 aliphatic rings. The number of benzene rings is 2. The molecule has 0 saturated heterocycles. The van der Waals surface area contributed by atoms with E-state index in [-0.39, 0.29) is 11.5 Å². The molecule has 7 nitrogen and oxygen atoms in total. The van der Waals surface area contributed by atoms with Gasteiger partial charge in [0.1, 0.15) is 12.2 Å². The Labute approximate surface area is 171 Å². The third-order valence-corrected chi connectivity index (χ3v) is 4.47. The highest BCUT2D eigenvalue weighted by atomic mass is 16.5. The summed E-state index contributed by atoms with van der Waals surface area (Å²) in [5.74, 6) is 1.69. The van der Waals surface area contributed by atoms with Crippen molar-refractivity contribution in [1.29, 1.82) is 0 Å². The van der Waals surface area contributed by atoms with Crippen molar-refractivity contribution >= 4 is 0 Å². The maximum Gasteiger partial charge on any atom is 0.203 e. The molecule has 2 aromatic rings. The molecule has 0 amide bonds. The summed E-state index contributed by atoms with van der Waals surface area (Å²) in [5.41, 5.74) is 1.37. The van der Waals surface area contributed by atoms with Gasteiger partial charge in [0.15, 0.2) is 23.0 Å². The summed E-state index contributed by atoms with van der Waals surface area (Å²) >= 11 is 0. The first-order valence-corrected chi connectivity index (χ1v) is 9.05. The minimum absolute atomic E-state index is 0.142. The average Bonchev–Trinajstić information content (AvgIpc) is 2.73. The topological polar surface area (TPSA) is 86.6 Å². The first-order chi connectivity index (χ1) is 13.9. The molecule has 0 bridgehead atoms. The zero-order valence-electron chi connectivity index (χ0n) is 17.4. The van der Waals surface area contributed by atoms with E-state index >= 15 is 0 Å². The fourth-order valence-electron chi connectivity index (χ4n) is 2.99. The van der Waals surface area contributed by atoms with Gasteiger partial charge in [-0.1, -0.05) is 6.08 Å². The molecule has 2 N–H and O–H groups in total. The smallest absolute Gasteiger partial charge is 0.203 e. The maximum absolute atomic E-state index is 10.8. The van der Waals surface area contributed by atoms with E-state index in [1.54, 1.807) is 19.1 Å². The van der Waals surface area contributed by atoms with Crippen LogP contribution in [0.25, 0.3) is 0 Å². The van der Waals surface area contributed by atoms with Crippen LogP contribution in [0.4, 0.5) is 0 Å². The molecule has 2 aromatic carbocycles. The van der Waals surface area contributed by atoms with Gasteiger partial charge in [-0.3, -0.25) is 0 Å². The molecule has 7 heteroatoms. The summed E-state index contributed by atoms with van der Waals surface area (Å²) in [4.78, 5) is 0. The normalized spacial score (nSPS) is 12.6. The molecule has 2 rings (SSSR count). The number of phenolic OH excluding ortho intramolecular Hbond substituents is 1. The highest BCUT2D eigenvalue weighted by Gasteiger charge is 2.25. The number of ether oxygens (including phenoxy) is 5. The van der Waals surface area contributed by atoms with Crippen LogP contribution in [-0.2, 0) is 6.42 Å². The van der Waals surface area contributed by atoms with E-state index in [0.717, 1.165) is 5.56 Å². The lowest BCUT2D eigenvalue weighted by atomic mass is 10.0. The van der Waals surface area contributed by atoms with Crippen molar-refractivity contribution in [3.05, 3.63) is 48.0 Å². The van der Waals surface area contributed by atoms with Gasteiger partial charge in [-0.2, -0.15) is 0 Å². The Kier molecular flexibility index (Phi) is 7.61. The molecule has 0 spiro atoms. The Morgan fingerprint density at radius 2 is 1.45 bits per heavy atom. The first-order valence-electron chi connectivity index (χ1n) is 9.05. The zero-order valence-corrected chi connectivity index (χ0v) is 17.4. The second-order valence-corrected chi connectivity index (χ2v) is 6.37. The van der Waals surface area contributed by atoms with Gasteiger partial charge in [0.2, 0.25) is 11.5 Å². The van der Waals surface area contributed by atoms with Crippen LogP contribution in [0.1, 0.15) is 24.2 Å². The number of phenols is 1. The van der Waals surface area contributed by atoms with Gasteiger partial charge < -0.3 is 33.9 Å². The van der Waals surface area contributed by atoms with E-state index < -0.39 is 12.2 Å². The third-order valence-electron chi connectivity index (χ3n) is 4.47. The van der Waals surface area contributed by atoms with Gasteiger partial charge >= 0.3 is 0 Å². The molecule has 0 aromatic heterocycles. The van der Waals surface area contributed by atoms with Gasteiger partial charge in [0, 0.05) is 0 Å². The Hall–Kier alpha value is -3.06. The summed E-state index contributed by atoms with van der Waals surface area (Å²) in [6, 6.07) is 6.67. The lowest BCUT2D eigenvalue weighted by Crippen LogP contribution is -2.22. The SMILES string of the molecule is C=CCc1cc(OC)c(O[C@H](C)[C@@H](O)c2cc(O)c(OC)c(OC)c2)c(OC)c1. The second-order valence-electron chi connectivity index (χ2n) is 6.37. The van der Waals surface area contributed by atoms with Crippen LogP contribution in [0.3, 0.4) is 0 Å². The number of hydrogen-bond donors (Lipinski definition) is 2. The van der Waals surface area contributed by atoms with E-state index in [1.807, 2.05) is 12.1 Å². The van der Waals surface area contributed by atoms with Crippen LogP contribution < -0.4 is 23.7 Å². The van der Waals surface area contributed by atoms with E-state index in [2.05, 4.69) is 6.58 Å². The molecular formula is C22H28O7. The fourth-order valence-corrected chi connectivity index (χ4v) is 2.99. The predicted molar refractivity (Wildman–Crippen MR) is 110 cm³/mol. The second kappa shape index (κ2) is 9.93. The summed E-state index contributed by atoms with van der Waals surface area (Å²) < 4.78 is 27.2. The number of methoxy groups -OCH3 is 4. The van der Waals surface area contributed by atoms with Crippen LogP contribution in [0.2, 0.25) is 0 Å². The van der Waals surface area contributed by atoms with Crippen molar-refractivity contribution < 1.29 is 33.9 Å². The summed E-state index contributed by atoms with van der Waals surface area (Å²) in [6.07, 6.45) is 0.671. The summed E-state index contributed by atoms with van der Waals surface area (Å²) in [7, 11) is 5.95. The number of aliphatic hydroxyl groups excluding tert-OH is 1. The lowest BCUT2D eigenvalue weighted by molar-refractivity contribution is 0.0431. The summed E-state index contributed by atoms with van der Waals surface area (Å²) in [6.45, 7) is 5.45. The zero-order chi connectivity index (χ0) is 21.6. The third kappa shape index (κ3) is 4.86. The quantitative estimate of drug-likeness (QED) is 0.585. The molecule has 0 saturated carbocycles. The molecule has 0 aliphatic carbocycles. The monoisotopic (exact) mass is 404 g/mol.